The van der Waals surface area contributed by atoms with Crippen molar-refractivity contribution in [2.45, 2.75) is 15.2 Å². The van der Waals surface area contributed by atoms with E-state index in [1.54, 1.807) is 0 Å². The van der Waals surface area contributed by atoms with Crippen LogP contribution in [0.2, 0.25) is 0 Å². The van der Waals surface area contributed by atoms with Gasteiger partial charge in [0.1, 0.15) is 0 Å². The van der Waals surface area contributed by atoms with E-state index in [0.717, 1.165) is 50.3 Å². The minimum atomic E-state index is -0.571. The van der Waals surface area contributed by atoms with Crippen molar-refractivity contribution >= 4 is 11.8 Å². The molecule has 11 rings (SSSR count). The first-order chi connectivity index (χ1) is 28.7. The lowest BCUT2D eigenvalue weighted by Gasteiger charge is -2.40. The van der Waals surface area contributed by atoms with Crippen molar-refractivity contribution in [3.05, 3.63) is 228 Å². The monoisotopic (exact) mass is 755 g/mol. The van der Waals surface area contributed by atoms with Gasteiger partial charge >= 0.3 is 0 Å². The maximum absolute atomic E-state index is 9.78. The van der Waals surface area contributed by atoms with Crippen molar-refractivity contribution in [3.8, 4) is 73.4 Å². The van der Waals surface area contributed by atoms with E-state index in [2.05, 4.69) is 158 Å². The first kappa shape index (κ1) is 34.0. The first-order valence-electron chi connectivity index (χ1n) is 19.5. The van der Waals surface area contributed by atoms with Gasteiger partial charge in [-0.3, -0.25) is 0 Å². The van der Waals surface area contributed by atoms with Crippen LogP contribution in [-0.2, 0) is 5.41 Å². The topological polar surface area (TPSA) is 49.6 Å². The molecule has 1 aliphatic heterocycles. The van der Waals surface area contributed by atoms with Gasteiger partial charge in [-0.1, -0.05) is 176 Å². The van der Waals surface area contributed by atoms with Gasteiger partial charge < -0.3 is 0 Å². The number of fused-ring (bicyclic) bond motifs is 9. The van der Waals surface area contributed by atoms with Crippen LogP contribution in [-0.4, -0.2) is 9.97 Å². The minimum Gasteiger partial charge on any atom is -0.228 e. The highest BCUT2D eigenvalue weighted by molar-refractivity contribution is 7.99. The molecule has 1 aromatic heterocycles. The lowest BCUT2D eigenvalue weighted by molar-refractivity contribution is 0.723. The zero-order valence-electron chi connectivity index (χ0n) is 31.3. The smallest absolute Gasteiger partial charge is 0.160 e. The number of benzene rings is 8. The highest BCUT2D eigenvalue weighted by Gasteiger charge is 2.50. The number of hydrogen-bond acceptors (Lipinski definition) is 4. The summed E-state index contributed by atoms with van der Waals surface area (Å²) in [7, 11) is 0. The van der Waals surface area contributed by atoms with Gasteiger partial charge in [0.25, 0.3) is 0 Å². The molecule has 0 radical (unpaired) electrons. The van der Waals surface area contributed by atoms with E-state index in [9.17, 15) is 5.26 Å². The summed E-state index contributed by atoms with van der Waals surface area (Å²) in [6.45, 7) is 0. The maximum Gasteiger partial charge on any atom is 0.160 e. The van der Waals surface area contributed by atoms with Crippen molar-refractivity contribution in [2.75, 3.05) is 0 Å². The van der Waals surface area contributed by atoms with E-state index < -0.39 is 5.41 Å². The van der Waals surface area contributed by atoms with Crippen LogP contribution in [0.15, 0.2) is 210 Å². The Hall–Kier alpha value is -7.32. The normalized spacial score (nSPS) is 12.9. The van der Waals surface area contributed by atoms with Gasteiger partial charge in [0.05, 0.1) is 28.4 Å². The average Bonchev–Trinajstić information content (AvgIpc) is 3.58. The quantitative estimate of drug-likeness (QED) is 0.175. The predicted octanol–water partition coefficient (Wildman–Crippen LogP) is 13.5. The number of nitriles is 1. The largest absolute Gasteiger partial charge is 0.228 e. The molecule has 0 N–H and O–H groups in total. The number of hydrogen-bond donors (Lipinski definition) is 0. The van der Waals surface area contributed by atoms with Gasteiger partial charge in [-0.25, -0.2) is 9.97 Å². The summed E-state index contributed by atoms with van der Waals surface area (Å²) in [5.74, 6) is 0.701. The summed E-state index contributed by atoms with van der Waals surface area (Å²) in [4.78, 5) is 12.9. The first-order valence-corrected chi connectivity index (χ1v) is 20.3. The minimum absolute atomic E-state index is 0.571. The van der Waals surface area contributed by atoms with Crippen molar-refractivity contribution in [1.29, 1.82) is 5.26 Å². The van der Waals surface area contributed by atoms with Crippen LogP contribution in [0.25, 0.3) is 67.3 Å². The SMILES string of the molecule is N#Cc1ccccc1-c1ccc(-c2ccc3c(c2)C2(c4ccccc4Sc4ccccc42)c2cc(-c4cc(-c5ccccc5)nc(-c5ccccc5)n4)ccc2-3)cc1. The summed E-state index contributed by atoms with van der Waals surface area (Å²) in [5, 5.41) is 9.78. The lowest BCUT2D eigenvalue weighted by Crippen LogP contribution is -2.32. The van der Waals surface area contributed by atoms with E-state index in [4.69, 9.17) is 9.97 Å². The fraction of sp³-hybridized carbons (Fsp3) is 0.0185. The molecule has 0 atom stereocenters. The molecule has 0 saturated carbocycles. The molecule has 0 amide bonds. The molecule has 1 aliphatic carbocycles. The van der Waals surface area contributed by atoms with Gasteiger partial charge in [-0.15, -0.1) is 0 Å². The number of nitrogens with zero attached hydrogens (tertiary/aromatic N) is 3. The molecule has 9 aromatic rings. The van der Waals surface area contributed by atoms with Crippen LogP contribution < -0.4 is 0 Å². The third kappa shape index (κ3) is 5.36. The van der Waals surface area contributed by atoms with Crippen molar-refractivity contribution in [1.82, 2.24) is 9.97 Å². The second-order valence-electron chi connectivity index (χ2n) is 14.8. The summed E-state index contributed by atoms with van der Waals surface area (Å²) in [6.07, 6.45) is 0. The van der Waals surface area contributed by atoms with E-state index in [1.165, 1.54) is 43.2 Å². The highest BCUT2D eigenvalue weighted by Crippen LogP contribution is 2.63. The third-order valence-electron chi connectivity index (χ3n) is 11.6. The van der Waals surface area contributed by atoms with Gasteiger partial charge in [0, 0.05) is 26.5 Å². The van der Waals surface area contributed by atoms with E-state index in [0.29, 0.717) is 11.4 Å². The molecule has 0 unspecified atom stereocenters. The van der Waals surface area contributed by atoms with Gasteiger partial charge in [0.2, 0.25) is 0 Å². The Balaban J connectivity index is 1.13. The fourth-order valence-electron chi connectivity index (χ4n) is 8.98. The Kier molecular flexibility index (Phi) is 8.03. The molecule has 270 valence electrons. The number of rotatable bonds is 5. The molecule has 2 aliphatic rings. The second-order valence-corrected chi connectivity index (χ2v) is 15.9. The highest BCUT2D eigenvalue weighted by atomic mass is 32.2. The van der Waals surface area contributed by atoms with Crippen LogP contribution in [0.4, 0.5) is 0 Å². The van der Waals surface area contributed by atoms with Crippen molar-refractivity contribution in [2.24, 2.45) is 0 Å². The van der Waals surface area contributed by atoms with Gasteiger partial charge in [-0.2, -0.15) is 5.26 Å². The second kappa shape index (κ2) is 13.7. The summed E-state index contributed by atoms with van der Waals surface area (Å²) < 4.78 is 0. The summed E-state index contributed by atoms with van der Waals surface area (Å²) in [5.41, 5.74) is 16.8. The molecular weight excluding hydrogens is 723 g/mol. The molecule has 0 bridgehead atoms. The van der Waals surface area contributed by atoms with Crippen LogP contribution in [0.1, 0.15) is 27.8 Å². The Morgan fingerprint density at radius 3 is 1.53 bits per heavy atom. The van der Waals surface area contributed by atoms with Crippen molar-refractivity contribution in [3.63, 3.8) is 0 Å². The van der Waals surface area contributed by atoms with Crippen LogP contribution in [0.3, 0.4) is 0 Å². The Morgan fingerprint density at radius 1 is 0.379 bits per heavy atom. The maximum atomic E-state index is 9.78. The van der Waals surface area contributed by atoms with E-state index in [-0.39, 0.29) is 0 Å². The van der Waals surface area contributed by atoms with E-state index in [1.807, 2.05) is 60.3 Å². The molecule has 0 fully saturated rings. The van der Waals surface area contributed by atoms with Crippen molar-refractivity contribution < 1.29 is 0 Å². The molecule has 58 heavy (non-hydrogen) atoms. The number of aromatic nitrogens is 2. The molecule has 3 nitrogen and oxygen atoms in total. The standard InChI is InChI=1S/C54H33N3S/c55-34-41-17-7-8-18-42(41)36-25-23-35(24-26-36)39-27-29-43-44-30-28-40(50-33-49(37-13-3-1-4-14-37)56-53(57-50)38-15-5-2-6-16-38)32-48(44)54(47(43)31-39)45-19-9-11-21-51(45)58-52-22-12-10-20-46(52)54/h1-33H. The third-order valence-corrected chi connectivity index (χ3v) is 12.8. The molecule has 8 aromatic carbocycles. The molecule has 1 spiro atoms. The molecule has 4 heteroatoms. The average molecular weight is 756 g/mol. The Morgan fingerprint density at radius 2 is 0.879 bits per heavy atom. The Bertz CT molecular complexity index is 2990. The van der Waals surface area contributed by atoms with Crippen LogP contribution in [0, 0.1) is 11.3 Å². The Labute approximate surface area is 342 Å². The van der Waals surface area contributed by atoms with Gasteiger partial charge in [0.15, 0.2) is 5.82 Å². The summed E-state index contributed by atoms with van der Waals surface area (Å²) >= 11 is 1.85. The molecule has 0 saturated heterocycles. The van der Waals surface area contributed by atoms with Gasteiger partial charge in [-0.05, 0) is 92.0 Å². The molecule has 2 heterocycles. The zero-order valence-corrected chi connectivity index (χ0v) is 32.1. The zero-order chi connectivity index (χ0) is 38.6. The fourth-order valence-corrected chi connectivity index (χ4v) is 10.2. The lowest BCUT2D eigenvalue weighted by atomic mass is 9.67. The summed E-state index contributed by atoms with van der Waals surface area (Å²) in [6, 6.07) is 73.3. The van der Waals surface area contributed by atoms with Crippen LogP contribution in [0.5, 0.6) is 0 Å². The predicted molar refractivity (Wildman–Crippen MR) is 235 cm³/mol. The van der Waals surface area contributed by atoms with E-state index >= 15 is 0 Å². The van der Waals surface area contributed by atoms with Crippen LogP contribution >= 0.6 is 11.8 Å². The molecular formula is C54H33N3S.